The number of carbonyl (C=O) groups is 1. The molecule has 31 heavy (non-hydrogen) atoms. The first kappa shape index (κ1) is 21.7. The normalized spacial score (nSPS) is 18.9. The second kappa shape index (κ2) is 7.85. The topological polar surface area (TPSA) is 38.8 Å². The molecule has 4 rings (SSSR count). The molecular formula is C20H15F6NO3S. The fourth-order valence-corrected chi connectivity index (χ4v) is 4.66. The molecule has 0 spiro atoms. The summed E-state index contributed by atoms with van der Waals surface area (Å²) in [5.74, 6) is 0.586. The summed E-state index contributed by atoms with van der Waals surface area (Å²) in [5, 5.41) is -0.577. The van der Waals surface area contributed by atoms with Crippen molar-refractivity contribution in [2.45, 2.75) is 17.7 Å². The summed E-state index contributed by atoms with van der Waals surface area (Å²) in [7, 11) is 0. The molecule has 11 heteroatoms. The maximum Gasteiger partial charge on any atom is 0.416 e. The largest absolute Gasteiger partial charge is 0.486 e. The molecule has 0 aliphatic carbocycles. The number of thioether (sulfide) groups is 1. The summed E-state index contributed by atoms with van der Waals surface area (Å²) < 4.78 is 89.9. The van der Waals surface area contributed by atoms with E-state index in [1.807, 2.05) is 0 Å². The number of alkyl halides is 6. The number of rotatable bonds is 2. The lowest BCUT2D eigenvalue weighted by Gasteiger charge is -2.26. The lowest BCUT2D eigenvalue weighted by Crippen LogP contribution is -2.31. The van der Waals surface area contributed by atoms with Crippen LogP contribution in [0.3, 0.4) is 0 Å². The molecule has 0 N–H and O–H groups in total. The van der Waals surface area contributed by atoms with Crippen LogP contribution in [-0.2, 0) is 12.4 Å². The van der Waals surface area contributed by atoms with Gasteiger partial charge in [-0.2, -0.15) is 26.3 Å². The Balaban J connectivity index is 1.68. The monoisotopic (exact) mass is 463 g/mol. The first-order chi connectivity index (χ1) is 14.5. The minimum absolute atomic E-state index is 0.00775. The van der Waals surface area contributed by atoms with Gasteiger partial charge in [-0.25, -0.2) is 0 Å². The highest BCUT2D eigenvalue weighted by Crippen LogP contribution is 2.43. The van der Waals surface area contributed by atoms with Crippen molar-refractivity contribution in [1.29, 1.82) is 0 Å². The summed E-state index contributed by atoms with van der Waals surface area (Å²) in [6.45, 7) is 0.924. The van der Waals surface area contributed by atoms with Gasteiger partial charge in [-0.1, -0.05) is 6.07 Å². The van der Waals surface area contributed by atoms with E-state index < -0.39 is 40.3 Å². The van der Waals surface area contributed by atoms with Crippen molar-refractivity contribution >= 4 is 17.7 Å². The van der Waals surface area contributed by atoms with E-state index in [-0.39, 0.29) is 12.6 Å². The van der Waals surface area contributed by atoms with Crippen LogP contribution in [-0.4, -0.2) is 36.3 Å². The number of amides is 1. The molecule has 0 saturated carbocycles. The minimum Gasteiger partial charge on any atom is -0.486 e. The van der Waals surface area contributed by atoms with Gasteiger partial charge in [-0.05, 0) is 35.9 Å². The van der Waals surface area contributed by atoms with Crippen molar-refractivity contribution in [2.24, 2.45) is 0 Å². The molecule has 1 fully saturated rings. The third-order valence-corrected chi connectivity index (χ3v) is 6.10. The standard InChI is InChI=1S/C20H15F6NO3S/c21-19(22,23)13-7-12(8-14(10-13)20(24,25)26)17(28)27-3-6-31-18(27)11-1-2-15-16(9-11)30-5-4-29-15/h1-2,7-10,18H,3-6H2. The number of hydrogen-bond acceptors (Lipinski definition) is 4. The van der Waals surface area contributed by atoms with Gasteiger partial charge in [0.2, 0.25) is 0 Å². The number of halogens is 6. The summed E-state index contributed by atoms with van der Waals surface area (Å²) in [6.07, 6.45) is -10.0. The molecule has 2 aliphatic heterocycles. The molecule has 1 amide bonds. The Morgan fingerprint density at radius 2 is 1.52 bits per heavy atom. The number of hydrogen-bond donors (Lipinski definition) is 0. The Morgan fingerprint density at radius 1 is 0.903 bits per heavy atom. The van der Waals surface area contributed by atoms with Crippen molar-refractivity contribution in [3.05, 3.63) is 58.7 Å². The van der Waals surface area contributed by atoms with E-state index in [1.54, 1.807) is 18.2 Å². The van der Waals surface area contributed by atoms with Gasteiger partial charge in [0.05, 0.1) is 11.1 Å². The van der Waals surface area contributed by atoms with Gasteiger partial charge < -0.3 is 14.4 Å². The highest BCUT2D eigenvalue weighted by molar-refractivity contribution is 7.99. The molecule has 166 valence electrons. The highest BCUT2D eigenvalue weighted by Gasteiger charge is 2.39. The van der Waals surface area contributed by atoms with Crippen LogP contribution in [0.2, 0.25) is 0 Å². The van der Waals surface area contributed by atoms with Crippen LogP contribution in [0.5, 0.6) is 11.5 Å². The highest BCUT2D eigenvalue weighted by atomic mass is 32.2. The second-order valence-electron chi connectivity index (χ2n) is 6.92. The van der Waals surface area contributed by atoms with Crippen molar-refractivity contribution < 1.29 is 40.6 Å². The zero-order valence-corrected chi connectivity index (χ0v) is 16.5. The molecule has 1 saturated heterocycles. The third-order valence-electron chi connectivity index (χ3n) is 4.84. The Bertz CT molecular complexity index is 975. The van der Waals surface area contributed by atoms with Gasteiger partial charge in [0.25, 0.3) is 5.91 Å². The van der Waals surface area contributed by atoms with Gasteiger partial charge in [0.1, 0.15) is 18.6 Å². The van der Waals surface area contributed by atoms with Crippen molar-refractivity contribution in [3.63, 3.8) is 0 Å². The zero-order valence-electron chi connectivity index (χ0n) is 15.7. The molecule has 1 atom stereocenters. The SMILES string of the molecule is O=C(c1cc(C(F)(F)F)cc(C(F)(F)F)c1)N1CCSC1c1ccc2c(c1)OCCO2. The van der Waals surface area contributed by atoms with Crippen molar-refractivity contribution in [3.8, 4) is 11.5 Å². The van der Waals surface area contributed by atoms with Gasteiger partial charge in [0.15, 0.2) is 11.5 Å². The molecule has 4 nitrogen and oxygen atoms in total. The van der Waals surface area contributed by atoms with Crippen molar-refractivity contribution in [2.75, 3.05) is 25.5 Å². The van der Waals surface area contributed by atoms with Crippen LogP contribution in [0, 0.1) is 0 Å². The molecular weight excluding hydrogens is 448 g/mol. The molecule has 2 aromatic rings. The summed E-state index contributed by atoms with van der Waals surface area (Å²) >= 11 is 1.36. The third kappa shape index (κ3) is 4.41. The fraction of sp³-hybridized carbons (Fsp3) is 0.350. The first-order valence-corrected chi connectivity index (χ1v) is 10.2. The maximum atomic E-state index is 13.2. The lowest BCUT2D eigenvalue weighted by atomic mass is 10.0. The van der Waals surface area contributed by atoms with Gasteiger partial charge >= 0.3 is 12.4 Å². The van der Waals surface area contributed by atoms with E-state index in [0.717, 1.165) is 0 Å². The quantitative estimate of drug-likeness (QED) is 0.561. The number of carbonyl (C=O) groups excluding carboxylic acids is 1. The van der Waals surface area contributed by atoms with Gasteiger partial charge in [0, 0.05) is 17.9 Å². The molecule has 0 radical (unpaired) electrons. The summed E-state index contributed by atoms with van der Waals surface area (Å²) in [5.41, 5.74) is -3.06. The van der Waals surface area contributed by atoms with Crippen LogP contribution < -0.4 is 9.47 Å². The molecule has 0 aromatic heterocycles. The van der Waals surface area contributed by atoms with Crippen LogP contribution in [0.1, 0.15) is 32.4 Å². The molecule has 2 aromatic carbocycles. The van der Waals surface area contributed by atoms with E-state index in [9.17, 15) is 31.1 Å². The number of fused-ring (bicyclic) bond motifs is 1. The molecule has 1 unspecified atom stereocenters. The molecule has 0 bridgehead atoms. The van der Waals surface area contributed by atoms with Crippen molar-refractivity contribution in [1.82, 2.24) is 4.90 Å². The van der Waals surface area contributed by atoms with E-state index in [1.165, 1.54) is 16.7 Å². The van der Waals surface area contributed by atoms with Crippen LogP contribution in [0.25, 0.3) is 0 Å². The average molecular weight is 463 g/mol. The predicted octanol–water partition coefficient (Wildman–Crippen LogP) is 5.38. The Morgan fingerprint density at radius 3 is 2.13 bits per heavy atom. The molecule has 2 heterocycles. The summed E-state index contributed by atoms with van der Waals surface area (Å²) in [6, 6.07) is 5.96. The fourth-order valence-electron chi connectivity index (χ4n) is 3.41. The van der Waals surface area contributed by atoms with E-state index in [0.29, 0.717) is 48.2 Å². The lowest BCUT2D eigenvalue weighted by molar-refractivity contribution is -0.143. The first-order valence-electron chi connectivity index (χ1n) is 9.15. The smallest absolute Gasteiger partial charge is 0.416 e. The van der Waals surface area contributed by atoms with Gasteiger partial charge in [-0.15, -0.1) is 11.8 Å². The van der Waals surface area contributed by atoms with Crippen LogP contribution in [0.4, 0.5) is 26.3 Å². The Hall–Kier alpha value is -2.56. The summed E-state index contributed by atoms with van der Waals surface area (Å²) in [4.78, 5) is 14.3. The molecule has 2 aliphatic rings. The predicted molar refractivity (Wildman–Crippen MR) is 100 cm³/mol. The minimum atomic E-state index is -5.02. The van der Waals surface area contributed by atoms with Gasteiger partial charge in [-0.3, -0.25) is 4.79 Å². The maximum absolute atomic E-state index is 13.2. The zero-order chi connectivity index (χ0) is 22.4. The van der Waals surface area contributed by atoms with E-state index in [2.05, 4.69) is 0 Å². The van der Waals surface area contributed by atoms with Crippen LogP contribution >= 0.6 is 11.8 Å². The Kier molecular flexibility index (Phi) is 5.48. The van der Waals surface area contributed by atoms with E-state index in [4.69, 9.17) is 9.47 Å². The van der Waals surface area contributed by atoms with Crippen LogP contribution in [0.15, 0.2) is 36.4 Å². The van der Waals surface area contributed by atoms with E-state index >= 15 is 0 Å². The number of ether oxygens (including phenoxy) is 2. The number of nitrogens with zero attached hydrogens (tertiary/aromatic N) is 1. The Labute approximate surface area is 177 Å². The average Bonchev–Trinajstić information content (AvgIpc) is 3.21. The number of benzene rings is 2. The second-order valence-corrected chi connectivity index (χ2v) is 8.11.